The van der Waals surface area contributed by atoms with Gasteiger partial charge in [-0.1, -0.05) is 29.8 Å². The van der Waals surface area contributed by atoms with Crippen molar-refractivity contribution in [3.8, 4) is 11.1 Å². The Hall–Kier alpha value is -3.14. The van der Waals surface area contributed by atoms with Gasteiger partial charge in [-0.25, -0.2) is 9.50 Å². The first-order chi connectivity index (χ1) is 12.5. The molecule has 0 radical (unpaired) electrons. The lowest BCUT2D eigenvalue weighted by Crippen LogP contribution is -2.01. The van der Waals surface area contributed by atoms with Crippen molar-refractivity contribution in [2.75, 3.05) is 0 Å². The van der Waals surface area contributed by atoms with Gasteiger partial charge in [0.2, 0.25) is 0 Å². The molecule has 3 aromatic heterocycles. The van der Waals surface area contributed by atoms with E-state index in [2.05, 4.69) is 66.6 Å². The third kappa shape index (κ3) is 1.96. The van der Waals surface area contributed by atoms with E-state index in [0.29, 0.717) is 0 Å². The maximum Gasteiger partial charge on any atom is 0.163 e. The van der Waals surface area contributed by atoms with Crippen molar-refractivity contribution in [1.82, 2.24) is 19.0 Å². The minimum Gasteiger partial charge on any atom is -0.296 e. The molecule has 128 valence electrons. The molecule has 5 rings (SSSR count). The summed E-state index contributed by atoms with van der Waals surface area (Å²) in [5, 5.41) is 4.73. The number of fused-ring (bicyclic) bond motifs is 6. The SMILES string of the molecule is Cc1cc(C)c(-c2cccc3c2n2ccnc2c2cc(C)nn23)c(C)c1. The lowest BCUT2D eigenvalue weighted by Gasteiger charge is -2.16. The summed E-state index contributed by atoms with van der Waals surface area (Å²) in [6, 6.07) is 13.1. The van der Waals surface area contributed by atoms with Gasteiger partial charge < -0.3 is 0 Å². The zero-order chi connectivity index (χ0) is 18.0. The summed E-state index contributed by atoms with van der Waals surface area (Å²) in [5.74, 6) is 0. The van der Waals surface area contributed by atoms with Crippen LogP contribution in [0, 0.1) is 27.7 Å². The van der Waals surface area contributed by atoms with Crippen LogP contribution in [0.25, 0.3) is 33.3 Å². The van der Waals surface area contributed by atoms with Gasteiger partial charge in [-0.05, 0) is 56.5 Å². The van der Waals surface area contributed by atoms with Crippen LogP contribution in [0.1, 0.15) is 22.4 Å². The number of aromatic nitrogens is 4. The first-order valence-corrected chi connectivity index (χ1v) is 8.87. The fourth-order valence-corrected chi connectivity index (χ4v) is 4.28. The molecule has 0 unspecified atom stereocenters. The highest BCUT2D eigenvalue weighted by molar-refractivity contribution is 5.98. The van der Waals surface area contributed by atoms with Crippen LogP contribution >= 0.6 is 0 Å². The van der Waals surface area contributed by atoms with E-state index in [9.17, 15) is 0 Å². The molecule has 2 aromatic carbocycles. The summed E-state index contributed by atoms with van der Waals surface area (Å²) in [7, 11) is 0. The molecule has 0 saturated heterocycles. The van der Waals surface area contributed by atoms with Crippen LogP contribution in [0.2, 0.25) is 0 Å². The highest BCUT2D eigenvalue weighted by Gasteiger charge is 2.17. The van der Waals surface area contributed by atoms with Gasteiger partial charge in [0.1, 0.15) is 5.52 Å². The molecule has 0 N–H and O–H groups in total. The van der Waals surface area contributed by atoms with E-state index in [1.807, 2.05) is 23.8 Å². The number of imidazole rings is 1. The molecule has 0 aliphatic rings. The highest BCUT2D eigenvalue weighted by atomic mass is 15.2. The Morgan fingerprint density at radius 1 is 0.885 bits per heavy atom. The average molecular weight is 340 g/mol. The lowest BCUT2D eigenvalue weighted by atomic mass is 9.93. The quantitative estimate of drug-likeness (QED) is 0.429. The Kier molecular flexibility index (Phi) is 3.02. The Bertz CT molecular complexity index is 1300. The molecule has 0 bridgehead atoms. The van der Waals surface area contributed by atoms with Gasteiger partial charge in [-0.2, -0.15) is 5.10 Å². The third-order valence-electron chi connectivity index (χ3n) is 5.13. The topological polar surface area (TPSA) is 34.6 Å². The maximum absolute atomic E-state index is 4.73. The second-order valence-electron chi connectivity index (χ2n) is 7.15. The van der Waals surface area contributed by atoms with Crippen molar-refractivity contribution >= 4 is 22.2 Å². The molecule has 5 aromatic rings. The second-order valence-corrected chi connectivity index (χ2v) is 7.15. The highest BCUT2D eigenvalue weighted by Crippen LogP contribution is 2.35. The average Bonchev–Trinajstić information content (AvgIpc) is 3.20. The molecule has 0 atom stereocenters. The zero-order valence-corrected chi connectivity index (χ0v) is 15.4. The molecule has 0 spiro atoms. The molecule has 0 saturated carbocycles. The van der Waals surface area contributed by atoms with Crippen LogP contribution < -0.4 is 0 Å². The number of nitrogens with zero attached hydrogens (tertiary/aromatic N) is 4. The molecule has 4 heteroatoms. The van der Waals surface area contributed by atoms with Crippen LogP contribution in [-0.4, -0.2) is 19.0 Å². The van der Waals surface area contributed by atoms with Crippen LogP contribution in [0.4, 0.5) is 0 Å². The minimum absolute atomic E-state index is 0.938. The molecule has 0 aliphatic carbocycles. The molecule has 3 heterocycles. The number of aryl methyl sites for hydroxylation is 4. The molecule has 0 fully saturated rings. The largest absolute Gasteiger partial charge is 0.296 e. The van der Waals surface area contributed by atoms with Crippen molar-refractivity contribution in [1.29, 1.82) is 0 Å². The molecular weight excluding hydrogens is 320 g/mol. The van der Waals surface area contributed by atoms with E-state index in [-0.39, 0.29) is 0 Å². The summed E-state index contributed by atoms with van der Waals surface area (Å²) in [6.07, 6.45) is 3.91. The zero-order valence-electron chi connectivity index (χ0n) is 15.4. The lowest BCUT2D eigenvalue weighted by molar-refractivity contribution is 0.964. The number of rotatable bonds is 1. The summed E-state index contributed by atoms with van der Waals surface area (Å²) in [4.78, 5) is 4.61. The smallest absolute Gasteiger partial charge is 0.163 e. The first kappa shape index (κ1) is 15.1. The van der Waals surface area contributed by atoms with Crippen LogP contribution in [0.15, 0.2) is 48.8 Å². The second kappa shape index (κ2) is 5.18. The predicted molar refractivity (Wildman–Crippen MR) is 106 cm³/mol. The van der Waals surface area contributed by atoms with Gasteiger partial charge in [0.05, 0.1) is 16.7 Å². The number of benzene rings is 2. The van der Waals surface area contributed by atoms with E-state index in [1.165, 1.54) is 27.8 Å². The van der Waals surface area contributed by atoms with Crippen molar-refractivity contribution < 1.29 is 0 Å². The number of hydrogen-bond acceptors (Lipinski definition) is 2. The van der Waals surface area contributed by atoms with Gasteiger partial charge >= 0.3 is 0 Å². The van der Waals surface area contributed by atoms with E-state index in [1.54, 1.807) is 0 Å². The van der Waals surface area contributed by atoms with Crippen LogP contribution in [0.5, 0.6) is 0 Å². The van der Waals surface area contributed by atoms with E-state index in [4.69, 9.17) is 5.10 Å². The molecule has 26 heavy (non-hydrogen) atoms. The van der Waals surface area contributed by atoms with Crippen LogP contribution in [-0.2, 0) is 0 Å². The van der Waals surface area contributed by atoms with Gasteiger partial charge in [0.15, 0.2) is 5.65 Å². The summed E-state index contributed by atoms with van der Waals surface area (Å²) >= 11 is 0. The van der Waals surface area contributed by atoms with Gasteiger partial charge in [-0.3, -0.25) is 4.40 Å². The van der Waals surface area contributed by atoms with E-state index < -0.39 is 0 Å². The Morgan fingerprint density at radius 3 is 2.42 bits per heavy atom. The van der Waals surface area contributed by atoms with Crippen LogP contribution in [0.3, 0.4) is 0 Å². The maximum atomic E-state index is 4.73. The van der Waals surface area contributed by atoms with Crippen molar-refractivity contribution in [2.45, 2.75) is 27.7 Å². The van der Waals surface area contributed by atoms with Crippen molar-refractivity contribution in [3.05, 3.63) is 71.2 Å². The predicted octanol–water partition coefficient (Wildman–Crippen LogP) is 5.04. The van der Waals surface area contributed by atoms with Gasteiger partial charge in [0, 0.05) is 18.0 Å². The fourth-order valence-electron chi connectivity index (χ4n) is 4.28. The van der Waals surface area contributed by atoms with Crippen molar-refractivity contribution in [3.63, 3.8) is 0 Å². The Morgan fingerprint density at radius 2 is 1.65 bits per heavy atom. The molecule has 0 amide bonds. The van der Waals surface area contributed by atoms with E-state index in [0.717, 1.165) is 27.9 Å². The fraction of sp³-hybridized carbons (Fsp3) is 0.182. The molecule has 0 aliphatic heterocycles. The van der Waals surface area contributed by atoms with Gasteiger partial charge in [-0.15, -0.1) is 0 Å². The van der Waals surface area contributed by atoms with Crippen molar-refractivity contribution in [2.24, 2.45) is 0 Å². The molecular formula is C22H20N4. The van der Waals surface area contributed by atoms with Gasteiger partial charge in [0.25, 0.3) is 0 Å². The number of para-hydroxylation sites is 1. The summed E-state index contributed by atoms with van der Waals surface area (Å²) in [6.45, 7) is 8.55. The normalized spacial score (nSPS) is 11.8. The summed E-state index contributed by atoms with van der Waals surface area (Å²) in [5.41, 5.74) is 11.6. The monoisotopic (exact) mass is 340 g/mol. The Labute approximate surface area is 151 Å². The first-order valence-electron chi connectivity index (χ1n) is 8.87. The van der Waals surface area contributed by atoms with E-state index >= 15 is 0 Å². The third-order valence-corrected chi connectivity index (χ3v) is 5.13. The standard InChI is InChI=1S/C22H20N4/c1-13-10-14(2)20(15(3)11-13)17-6-5-7-18-21(17)25-9-8-23-22(25)19-12-16(4)24-26(18)19/h5-12H,1-4H3. The number of hydrogen-bond donors (Lipinski definition) is 0. The Balaban J connectivity index is 2.04. The molecule has 4 nitrogen and oxygen atoms in total. The minimum atomic E-state index is 0.938. The summed E-state index contributed by atoms with van der Waals surface area (Å²) < 4.78 is 4.22.